The van der Waals surface area contributed by atoms with Gasteiger partial charge in [0.1, 0.15) is 5.82 Å². The Kier molecular flexibility index (Phi) is 5.33. The van der Waals surface area contributed by atoms with E-state index in [9.17, 15) is 12.8 Å². The fourth-order valence-electron chi connectivity index (χ4n) is 3.65. The lowest BCUT2D eigenvalue weighted by Gasteiger charge is -2.21. The first-order valence-corrected chi connectivity index (χ1v) is 10.9. The second kappa shape index (κ2) is 7.78. The second-order valence-electron chi connectivity index (χ2n) is 7.09. The zero-order valence-corrected chi connectivity index (χ0v) is 17.2. The first-order chi connectivity index (χ1) is 13.8. The lowest BCUT2D eigenvalue weighted by Crippen LogP contribution is -2.32. The van der Waals surface area contributed by atoms with Crippen LogP contribution in [0.15, 0.2) is 66.1 Å². The lowest BCUT2D eigenvalue weighted by atomic mass is 9.93. The van der Waals surface area contributed by atoms with E-state index >= 15 is 0 Å². The molecule has 2 heterocycles. The van der Waals surface area contributed by atoms with Crippen molar-refractivity contribution in [2.75, 3.05) is 18.4 Å². The standard InChI is InChI=1S/C20H20ClFN4O2S/c1-25-12-20(23-13-25)29(27,28)26-10-17(16-7-2-3-8-18(16)22)19(11-26)24-15-6-4-5-14(21)9-15/h2-9,12-13,17,19,24H,10-11H2,1H3/t17-,19+/m1/s1. The molecule has 1 N–H and O–H groups in total. The number of sulfonamides is 1. The fraction of sp³-hybridized carbons (Fsp3) is 0.250. The fourth-order valence-corrected chi connectivity index (χ4v) is 5.30. The number of rotatable bonds is 5. The molecule has 0 radical (unpaired) electrons. The van der Waals surface area contributed by atoms with Gasteiger partial charge in [-0.3, -0.25) is 0 Å². The van der Waals surface area contributed by atoms with Gasteiger partial charge >= 0.3 is 0 Å². The molecule has 4 rings (SSSR count). The Bertz CT molecular complexity index is 1130. The topological polar surface area (TPSA) is 67.2 Å². The number of imidazole rings is 1. The first kappa shape index (κ1) is 19.9. The van der Waals surface area contributed by atoms with Crippen LogP contribution in [0.4, 0.5) is 10.1 Å². The number of nitrogens with one attached hydrogen (secondary N) is 1. The molecule has 9 heteroatoms. The number of anilines is 1. The van der Waals surface area contributed by atoms with Crippen LogP contribution in [0.25, 0.3) is 0 Å². The number of benzene rings is 2. The van der Waals surface area contributed by atoms with Crippen LogP contribution in [-0.2, 0) is 17.1 Å². The van der Waals surface area contributed by atoms with Crippen LogP contribution in [0.1, 0.15) is 11.5 Å². The highest BCUT2D eigenvalue weighted by Gasteiger charge is 2.41. The molecule has 1 fully saturated rings. The van der Waals surface area contributed by atoms with E-state index in [1.807, 2.05) is 6.07 Å². The van der Waals surface area contributed by atoms with Crippen molar-refractivity contribution in [1.82, 2.24) is 13.9 Å². The Balaban J connectivity index is 1.68. The molecule has 1 aliphatic heterocycles. The predicted molar refractivity (Wildman–Crippen MR) is 110 cm³/mol. The molecule has 152 valence electrons. The summed E-state index contributed by atoms with van der Waals surface area (Å²) in [6.07, 6.45) is 2.91. The van der Waals surface area contributed by atoms with E-state index in [-0.39, 0.29) is 35.9 Å². The zero-order chi connectivity index (χ0) is 20.6. The van der Waals surface area contributed by atoms with Gasteiger partial charge in [-0.15, -0.1) is 0 Å². The number of hydrogen-bond donors (Lipinski definition) is 1. The minimum absolute atomic E-state index is 0.0179. The summed E-state index contributed by atoms with van der Waals surface area (Å²) in [6, 6.07) is 13.3. The van der Waals surface area contributed by atoms with E-state index in [2.05, 4.69) is 10.3 Å². The molecule has 0 saturated carbocycles. The monoisotopic (exact) mass is 434 g/mol. The Labute approximate surface area is 174 Å². The molecule has 1 aliphatic rings. The van der Waals surface area contributed by atoms with Gasteiger partial charge in [-0.25, -0.2) is 17.8 Å². The smallest absolute Gasteiger partial charge is 0.262 e. The molecule has 2 aromatic carbocycles. The predicted octanol–water partition coefficient (Wildman–Crippen LogP) is 3.48. The Morgan fingerprint density at radius 2 is 1.97 bits per heavy atom. The maximum Gasteiger partial charge on any atom is 0.262 e. The van der Waals surface area contributed by atoms with E-state index in [1.54, 1.807) is 48.0 Å². The van der Waals surface area contributed by atoms with Crippen LogP contribution in [0, 0.1) is 5.82 Å². The molecule has 1 saturated heterocycles. The van der Waals surface area contributed by atoms with Crippen LogP contribution >= 0.6 is 11.6 Å². The molecule has 1 aromatic heterocycles. The average molecular weight is 435 g/mol. The van der Waals surface area contributed by atoms with Gasteiger partial charge in [-0.05, 0) is 29.8 Å². The quantitative estimate of drug-likeness (QED) is 0.667. The molecule has 0 spiro atoms. The van der Waals surface area contributed by atoms with Crippen molar-refractivity contribution < 1.29 is 12.8 Å². The number of aryl methyl sites for hydroxylation is 1. The highest BCUT2D eigenvalue weighted by atomic mass is 35.5. The van der Waals surface area contributed by atoms with Gasteiger partial charge in [0.15, 0.2) is 5.03 Å². The highest BCUT2D eigenvalue weighted by molar-refractivity contribution is 7.89. The summed E-state index contributed by atoms with van der Waals surface area (Å²) in [5, 5.41) is 3.88. The SMILES string of the molecule is Cn1cnc(S(=O)(=O)N2C[C@H](Nc3cccc(Cl)c3)[C@@H](c3ccccc3F)C2)c1. The van der Waals surface area contributed by atoms with Crippen molar-refractivity contribution in [3.05, 3.63) is 77.5 Å². The van der Waals surface area contributed by atoms with Crippen LogP contribution < -0.4 is 5.32 Å². The van der Waals surface area contributed by atoms with Gasteiger partial charge in [0.05, 0.1) is 6.33 Å². The number of aromatic nitrogens is 2. The third-order valence-corrected chi connectivity index (χ3v) is 7.01. The van der Waals surface area contributed by atoms with Crippen LogP contribution in [0.5, 0.6) is 0 Å². The van der Waals surface area contributed by atoms with Crippen molar-refractivity contribution in [2.24, 2.45) is 7.05 Å². The average Bonchev–Trinajstić information content (AvgIpc) is 3.30. The van der Waals surface area contributed by atoms with Crippen molar-refractivity contribution in [1.29, 1.82) is 0 Å². The largest absolute Gasteiger partial charge is 0.380 e. The van der Waals surface area contributed by atoms with Crippen molar-refractivity contribution in [2.45, 2.75) is 17.0 Å². The summed E-state index contributed by atoms with van der Waals surface area (Å²) >= 11 is 6.08. The summed E-state index contributed by atoms with van der Waals surface area (Å²) in [6.45, 7) is 0.336. The van der Waals surface area contributed by atoms with Gasteiger partial charge in [0.25, 0.3) is 10.0 Å². The summed E-state index contributed by atoms with van der Waals surface area (Å²) in [5.74, 6) is -0.721. The maximum absolute atomic E-state index is 14.5. The van der Waals surface area contributed by atoms with E-state index in [1.165, 1.54) is 22.9 Å². The van der Waals surface area contributed by atoms with E-state index in [0.29, 0.717) is 10.6 Å². The highest BCUT2D eigenvalue weighted by Crippen LogP contribution is 2.34. The Hall–Kier alpha value is -2.42. The zero-order valence-electron chi connectivity index (χ0n) is 15.7. The van der Waals surface area contributed by atoms with Crippen molar-refractivity contribution in [3.63, 3.8) is 0 Å². The third-order valence-electron chi connectivity index (χ3n) is 5.05. The Morgan fingerprint density at radius 3 is 2.66 bits per heavy atom. The van der Waals surface area contributed by atoms with Crippen molar-refractivity contribution >= 4 is 27.3 Å². The molecule has 0 unspecified atom stereocenters. The van der Waals surface area contributed by atoms with Gasteiger partial charge < -0.3 is 9.88 Å². The first-order valence-electron chi connectivity index (χ1n) is 9.09. The van der Waals surface area contributed by atoms with Crippen molar-refractivity contribution in [3.8, 4) is 0 Å². The molecule has 0 amide bonds. The maximum atomic E-state index is 14.5. The van der Waals surface area contributed by atoms with Gasteiger partial charge in [0.2, 0.25) is 0 Å². The summed E-state index contributed by atoms with van der Waals surface area (Å²) < 4.78 is 43.6. The minimum Gasteiger partial charge on any atom is -0.380 e. The van der Waals surface area contributed by atoms with Gasteiger partial charge in [-0.1, -0.05) is 35.9 Å². The number of halogens is 2. The summed E-state index contributed by atoms with van der Waals surface area (Å²) in [7, 11) is -2.08. The summed E-state index contributed by atoms with van der Waals surface area (Å²) in [5.41, 5.74) is 1.23. The van der Waals surface area contributed by atoms with Crippen LogP contribution in [0.2, 0.25) is 5.02 Å². The van der Waals surface area contributed by atoms with E-state index < -0.39 is 10.0 Å². The molecular weight excluding hydrogens is 415 g/mol. The van der Waals surface area contributed by atoms with Crippen LogP contribution in [-0.4, -0.2) is 41.4 Å². The van der Waals surface area contributed by atoms with Gasteiger partial charge in [-0.2, -0.15) is 4.31 Å². The third kappa shape index (κ3) is 4.01. The minimum atomic E-state index is -3.79. The number of nitrogens with zero attached hydrogens (tertiary/aromatic N) is 3. The van der Waals surface area contributed by atoms with Gasteiger partial charge in [0, 0.05) is 49.0 Å². The molecular formula is C20H20ClFN4O2S. The summed E-state index contributed by atoms with van der Waals surface area (Å²) in [4.78, 5) is 3.99. The molecule has 0 bridgehead atoms. The second-order valence-corrected chi connectivity index (χ2v) is 9.41. The van der Waals surface area contributed by atoms with E-state index in [4.69, 9.17) is 11.6 Å². The number of hydrogen-bond acceptors (Lipinski definition) is 4. The molecule has 2 atom stereocenters. The van der Waals surface area contributed by atoms with Crippen LogP contribution in [0.3, 0.4) is 0 Å². The molecule has 29 heavy (non-hydrogen) atoms. The molecule has 0 aliphatic carbocycles. The Morgan fingerprint density at radius 1 is 1.17 bits per heavy atom. The molecule has 3 aromatic rings. The van der Waals surface area contributed by atoms with E-state index in [0.717, 1.165) is 5.69 Å². The normalized spacial score (nSPS) is 20.1. The lowest BCUT2D eigenvalue weighted by molar-refractivity contribution is 0.467. The molecule has 6 nitrogen and oxygen atoms in total.